The minimum atomic E-state index is -2.68. The number of hydrogen-bond acceptors (Lipinski definition) is 2. The van der Waals surface area contributed by atoms with Crippen LogP contribution >= 0.6 is 0 Å². The van der Waals surface area contributed by atoms with Crippen molar-refractivity contribution in [2.24, 2.45) is 5.92 Å². The molecule has 1 saturated carbocycles. The summed E-state index contributed by atoms with van der Waals surface area (Å²) in [6, 6.07) is 0. The van der Waals surface area contributed by atoms with Crippen LogP contribution < -0.4 is 0 Å². The van der Waals surface area contributed by atoms with E-state index in [1.165, 1.54) is 6.26 Å². The van der Waals surface area contributed by atoms with E-state index in [9.17, 15) is 8.42 Å². The second-order valence-corrected chi connectivity index (χ2v) is 4.85. The highest BCUT2D eigenvalue weighted by molar-refractivity contribution is 7.91. The molecule has 2 atom stereocenters. The predicted octanol–water partition coefficient (Wildman–Crippen LogP) is 0.439. The van der Waals surface area contributed by atoms with E-state index in [1.54, 1.807) is 0 Å². The summed E-state index contributed by atoms with van der Waals surface area (Å²) in [6.45, 7) is 1.96. The van der Waals surface area contributed by atoms with E-state index < -0.39 is 9.84 Å². The molecule has 0 unspecified atom stereocenters. The van der Waals surface area contributed by atoms with Crippen LogP contribution in [-0.4, -0.2) is 19.9 Å². The molecule has 1 rings (SSSR count). The maximum Gasteiger partial charge on any atom is 0.150 e. The quantitative estimate of drug-likeness (QED) is 0.521. The number of rotatable bonds is 1. The van der Waals surface area contributed by atoms with E-state index in [0.29, 0.717) is 5.92 Å². The average molecular weight is 134 g/mol. The number of hydrogen-bond donors (Lipinski definition) is 0. The molecule has 2 nitrogen and oxygen atoms in total. The molecule has 1 fully saturated rings. The van der Waals surface area contributed by atoms with Crippen molar-refractivity contribution in [2.75, 3.05) is 6.26 Å². The van der Waals surface area contributed by atoms with Gasteiger partial charge in [0, 0.05) is 6.26 Å². The lowest BCUT2D eigenvalue weighted by Crippen LogP contribution is -2.03. The largest absolute Gasteiger partial charge is 0.229 e. The zero-order valence-electron chi connectivity index (χ0n) is 5.09. The molecule has 0 aromatic carbocycles. The molecule has 1 aliphatic carbocycles. The fourth-order valence-electron chi connectivity index (χ4n) is 0.885. The van der Waals surface area contributed by atoms with Gasteiger partial charge in [-0.05, 0) is 12.3 Å². The first kappa shape index (κ1) is 6.08. The van der Waals surface area contributed by atoms with Gasteiger partial charge in [0.2, 0.25) is 0 Å². The minimum Gasteiger partial charge on any atom is -0.229 e. The highest BCUT2D eigenvalue weighted by atomic mass is 32.2. The zero-order valence-corrected chi connectivity index (χ0v) is 5.90. The molecule has 0 radical (unpaired) electrons. The molecule has 1 aliphatic rings. The smallest absolute Gasteiger partial charge is 0.150 e. The molecule has 0 heterocycles. The van der Waals surface area contributed by atoms with Crippen molar-refractivity contribution in [1.82, 2.24) is 0 Å². The van der Waals surface area contributed by atoms with Crippen LogP contribution in [0, 0.1) is 5.92 Å². The van der Waals surface area contributed by atoms with Crippen LogP contribution in [0.25, 0.3) is 0 Å². The van der Waals surface area contributed by atoms with Crippen molar-refractivity contribution in [3.63, 3.8) is 0 Å². The van der Waals surface area contributed by atoms with Crippen LogP contribution in [0.1, 0.15) is 13.3 Å². The molecule has 0 saturated heterocycles. The lowest BCUT2D eigenvalue weighted by atomic mass is 10.5. The van der Waals surface area contributed by atoms with Gasteiger partial charge in [0.05, 0.1) is 5.25 Å². The van der Waals surface area contributed by atoms with E-state index in [0.717, 1.165) is 6.42 Å². The summed E-state index contributed by atoms with van der Waals surface area (Å²) in [7, 11) is -2.68. The zero-order chi connectivity index (χ0) is 6.36. The van der Waals surface area contributed by atoms with Gasteiger partial charge in [0.15, 0.2) is 9.84 Å². The molecule has 3 heteroatoms. The molecule has 0 aromatic heterocycles. The van der Waals surface area contributed by atoms with Crippen molar-refractivity contribution < 1.29 is 8.42 Å². The third kappa shape index (κ3) is 1.02. The Morgan fingerprint density at radius 1 is 1.50 bits per heavy atom. The topological polar surface area (TPSA) is 34.1 Å². The van der Waals surface area contributed by atoms with Crippen LogP contribution in [0.15, 0.2) is 0 Å². The maximum absolute atomic E-state index is 10.6. The van der Waals surface area contributed by atoms with E-state index in [2.05, 4.69) is 0 Å². The summed E-state index contributed by atoms with van der Waals surface area (Å²) in [4.78, 5) is 0. The van der Waals surface area contributed by atoms with E-state index in [4.69, 9.17) is 0 Å². The molecule has 0 aliphatic heterocycles. The summed E-state index contributed by atoms with van der Waals surface area (Å²) >= 11 is 0. The maximum atomic E-state index is 10.6. The second kappa shape index (κ2) is 1.47. The van der Waals surface area contributed by atoms with Crippen molar-refractivity contribution in [2.45, 2.75) is 18.6 Å². The molecule has 0 amide bonds. The van der Waals surface area contributed by atoms with Gasteiger partial charge in [0.1, 0.15) is 0 Å². The van der Waals surface area contributed by atoms with Crippen LogP contribution in [0.4, 0.5) is 0 Å². The molecule has 0 spiro atoms. The van der Waals surface area contributed by atoms with Gasteiger partial charge in [-0.2, -0.15) is 0 Å². The standard InChI is InChI=1S/C5H10O2S/c1-4-3-5(4)8(2,6)7/h4-5H,3H2,1-2H3/t4-,5+/m0/s1. The van der Waals surface area contributed by atoms with Gasteiger partial charge in [-0.15, -0.1) is 0 Å². The molecular weight excluding hydrogens is 124 g/mol. The third-order valence-electron chi connectivity index (χ3n) is 1.59. The van der Waals surface area contributed by atoms with E-state index >= 15 is 0 Å². The molecular formula is C5H10O2S. The van der Waals surface area contributed by atoms with Crippen molar-refractivity contribution in [3.8, 4) is 0 Å². The Kier molecular flexibility index (Phi) is 1.11. The highest BCUT2D eigenvalue weighted by Gasteiger charge is 2.40. The normalized spacial score (nSPS) is 37.2. The fourth-order valence-corrected chi connectivity index (χ4v) is 2.38. The Bertz CT molecular complexity index is 181. The lowest BCUT2D eigenvalue weighted by Gasteiger charge is -1.87. The predicted molar refractivity (Wildman–Crippen MR) is 32.4 cm³/mol. The summed E-state index contributed by atoms with van der Waals surface area (Å²) in [5.74, 6) is 0.421. The Hall–Kier alpha value is -0.0500. The summed E-state index contributed by atoms with van der Waals surface area (Å²) < 4.78 is 21.2. The Morgan fingerprint density at radius 2 is 1.88 bits per heavy atom. The first-order valence-electron chi connectivity index (χ1n) is 2.70. The van der Waals surface area contributed by atoms with Gasteiger partial charge in [-0.25, -0.2) is 8.42 Å². The molecule has 0 N–H and O–H groups in total. The second-order valence-electron chi connectivity index (χ2n) is 2.58. The summed E-state index contributed by atoms with van der Waals surface area (Å²) in [5, 5.41) is -0.0116. The monoisotopic (exact) mass is 134 g/mol. The molecule has 48 valence electrons. The minimum absolute atomic E-state index is 0.0116. The van der Waals surface area contributed by atoms with E-state index in [1.807, 2.05) is 6.92 Å². The van der Waals surface area contributed by atoms with E-state index in [-0.39, 0.29) is 5.25 Å². The molecule has 0 bridgehead atoms. The van der Waals surface area contributed by atoms with Crippen LogP contribution in [0.2, 0.25) is 0 Å². The first-order valence-corrected chi connectivity index (χ1v) is 4.66. The SMILES string of the molecule is C[C@H]1C[C@H]1S(C)(=O)=O. The molecule has 8 heavy (non-hydrogen) atoms. The average Bonchev–Trinajstić information content (AvgIpc) is 2.13. The summed E-state index contributed by atoms with van der Waals surface area (Å²) in [6.07, 6.45) is 2.18. The van der Waals surface area contributed by atoms with Gasteiger partial charge in [-0.3, -0.25) is 0 Å². The van der Waals surface area contributed by atoms with Crippen molar-refractivity contribution in [1.29, 1.82) is 0 Å². The Morgan fingerprint density at radius 3 is 1.88 bits per heavy atom. The van der Waals surface area contributed by atoms with Crippen LogP contribution in [0.5, 0.6) is 0 Å². The first-order chi connectivity index (χ1) is 3.52. The highest BCUT2D eigenvalue weighted by Crippen LogP contribution is 2.35. The van der Waals surface area contributed by atoms with Gasteiger partial charge >= 0.3 is 0 Å². The summed E-state index contributed by atoms with van der Waals surface area (Å²) in [5.41, 5.74) is 0. The number of sulfone groups is 1. The third-order valence-corrected chi connectivity index (χ3v) is 3.34. The van der Waals surface area contributed by atoms with Crippen molar-refractivity contribution >= 4 is 9.84 Å². The van der Waals surface area contributed by atoms with Gasteiger partial charge in [-0.1, -0.05) is 6.92 Å². The van der Waals surface area contributed by atoms with Crippen LogP contribution in [0.3, 0.4) is 0 Å². The molecule has 0 aromatic rings. The van der Waals surface area contributed by atoms with Gasteiger partial charge < -0.3 is 0 Å². The van der Waals surface area contributed by atoms with Gasteiger partial charge in [0.25, 0.3) is 0 Å². The lowest BCUT2D eigenvalue weighted by molar-refractivity contribution is 0.599. The Labute approximate surface area is 49.8 Å². The van der Waals surface area contributed by atoms with Crippen LogP contribution in [-0.2, 0) is 9.84 Å². The Balaban J connectivity index is 2.66. The van der Waals surface area contributed by atoms with Crippen molar-refractivity contribution in [3.05, 3.63) is 0 Å². The fraction of sp³-hybridized carbons (Fsp3) is 1.00.